The summed E-state index contributed by atoms with van der Waals surface area (Å²) in [6, 6.07) is 0. The maximum absolute atomic E-state index is 11.3. The molecule has 1 rings (SSSR count). The fraction of sp³-hybridized carbons (Fsp3) is 0. The molecule has 0 saturated carbocycles. The summed E-state index contributed by atoms with van der Waals surface area (Å²) < 4.78 is 0. The van der Waals surface area contributed by atoms with E-state index in [9.17, 15) is 50.0 Å². The Balaban J connectivity index is 4.41. The highest BCUT2D eigenvalue weighted by Crippen LogP contribution is 2.48. The van der Waals surface area contributed by atoms with Gasteiger partial charge in [-0.05, 0) is 12.2 Å². The summed E-state index contributed by atoms with van der Waals surface area (Å²) in [7, 11) is 0. The van der Waals surface area contributed by atoms with Gasteiger partial charge in [0.15, 0.2) is 0 Å². The number of hydrogen-bond donors (Lipinski definition) is 2. The number of rotatable bonds is 8. The zero-order valence-corrected chi connectivity index (χ0v) is 13.1. The fourth-order valence-corrected chi connectivity index (χ4v) is 2.10. The number of nitro benzene ring substituents is 4. The van der Waals surface area contributed by atoms with E-state index in [0.717, 1.165) is 0 Å². The third-order valence-corrected chi connectivity index (χ3v) is 2.98. The highest BCUT2D eigenvalue weighted by molar-refractivity contribution is 5.96. The van der Waals surface area contributed by atoms with Gasteiger partial charge in [-0.15, -0.1) is 0 Å². The Kier molecular flexibility index (Phi) is 6.14. The number of carboxylic acid groups (broad SMARTS) is 2. The molecule has 1 aromatic carbocycles. The van der Waals surface area contributed by atoms with Crippen LogP contribution in [-0.2, 0) is 9.59 Å². The van der Waals surface area contributed by atoms with Crippen molar-refractivity contribution in [2.24, 2.45) is 0 Å². The van der Waals surface area contributed by atoms with Crippen molar-refractivity contribution in [3.8, 4) is 0 Å². The lowest BCUT2D eigenvalue weighted by molar-refractivity contribution is -0.434. The molecular formula is C12H6N4O12. The van der Waals surface area contributed by atoms with Crippen LogP contribution in [0.25, 0.3) is 12.2 Å². The van der Waals surface area contributed by atoms with Gasteiger partial charge < -0.3 is 10.2 Å². The van der Waals surface area contributed by atoms with E-state index in [0.29, 0.717) is 0 Å². The summed E-state index contributed by atoms with van der Waals surface area (Å²) in [5.41, 5.74) is -9.11. The zero-order valence-electron chi connectivity index (χ0n) is 13.1. The smallest absolute Gasteiger partial charge is 0.361 e. The number of aliphatic carboxylic acids is 2. The maximum Gasteiger partial charge on any atom is 0.361 e. The molecule has 0 saturated heterocycles. The van der Waals surface area contributed by atoms with Crippen molar-refractivity contribution in [2.75, 3.05) is 0 Å². The van der Waals surface area contributed by atoms with E-state index in [4.69, 9.17) is 10.2 Å². The van der Waals surface area contributed by atoms with Crippen molar-refractivity contribution in [3.05, 3.63) is 63.7 Å². The average Bonchev–Trinajstić information content (AvgIpc) is 2.55. The second-order valence-corrected chi connectivity index (χ2v) is 4.59. The second-order valence-electron chi connectivity index (χ2n) is 4.59. The van der Waals surface area contributed by atoms with Gasteiger partial charge in [-0.2, -0.15) is 0 Å². The van der Waals surface area contributed by atoms with Crippen LogP contribution in [0.3, 0.4) is 0 Å². The topological polar surface area (TPSA) is 247 Å². The first-order chi connectivity index (χ1) is 12.9. The molecule has 0 atom stereocenters. The summed E-state index contributed by atoms with van der Waals surface area (Å²) >= 11 is 0. The molecule has 0 unspecified atom stereocenters. The maximum atomic E-state index is 11.3. The molecule has 0 bridgehead atoms. The van der Waals surface area contributed by atoms with Crippen LogP contribution < -0.4 is 0 Å². The van der Waals surface area contributed by atoms with Gasteiger partial charge >= 0.3 is 34.7 Å². The molecule has 0 fully saturated rings. The van der Waals surface area contributed by atoms with Gasteiger partial charge in [0.2, 0.25) is 0 Å². The van der Waals surface area contributed by atoms with Gasteiger partial charge in [-0.1, -0.05) is 0 Å². The number of hydrogen-bond acceptors (Lipinski definition) is 10. The van der Waals surface area contributed by atoms with E-state index in [1.165, 1.54) is 0 Å². The monoisotopic (exact) mass is 398 g/mol. The van der Waals surface area contributed by atoms with E-state index in [-0.39, 0.29) is 24.3 Å². The molecule has 0 aromatic heterocycles. The third kappa shape index (κ3) is 4.25. The molecule has 0 aliphatic carbocycles. The lowest BCUT2D eigenvalue weighted by Gasteiger charge is -2.06. The van der Waals surface area contributed by atoms with Gasteiger partial charge in [-0.25, -0.2) is 9.59 Å². The molecule has 2 N–H and O–H groups in total. The standard InChI is InChI=1S/C12H6N4O12/c17-7(18)3-1-5-9(13(21)22)11(15(25)26)6(2-4-8(19)20)12(16(27)28)10(5)14(23)24/h1-4H,(H,17,18)(H,19,20)/b3-1+,4-2+. The predicted molar refractivity (Wildman–Crippen MR) is 86.4 cm³/mol. The fourth-order valence-electron chi connectivity index (χ4n) is 2.10. The highest BCUT2D eigenvalue weighted by atomic mass is 16.6. The van der Waals surface area contributed by atoms with Crippen LogP contribution in [0.2, 0.25) is 0 Å². The van der Waals surface area contributed by atoms with Gasteiger partial charge in [-0.3, -0.25) is 40.5 Å². The van der Waals surface area contributed by atoms with E-state index in [2.05, 4.69) is 0 Å². The first-order valence-corrected chi connectivity index (χ1v) is 6.53. The number of benzene rings is 1. The summed E-state index contributed by atoms with van der Waals surface area (Å²) in [6.07, 6.45) is 0.748. The molecule has 146 valence electrons. The normalized spacial score (nSPS) is 10.9. The lowest BCUT2D eigenvalue weighted by atomic mass is 9.99. The highest BCUT2D eigenvalue weighted by Gasteiger charge is 2.46. The number of nitro groups is 4. The number of carboxylic acids is 2. The van der Waals surface area contributed by atoms with Gasteiger partial charge in [0, 0.05) is 12.2 Å². The Morgan fingerprint density at radius 2 is 0.821 bits per heavy atom. The van der Waals surface area contributed by atoms with E-state index in [1.807, 2.05) is 0 Å². The Morgan fingerprint density at radius 3 is 0.964 bits per heavy atom. The first-order valence-electron chi connectivity index (χ1n) is 6.53. The molecule has 16 nitrogen and oxygen atoms in total. The number of nitrogens with zero attached hydrogens (tertiary/aromatic N) is 4. The quantitative estimate of drug-likeness (QED) is 0.359. The molecule has 0 heterocycles. The van der Waals surface area contributed by atoms with E-state index >= 15 is 0 Å². The average molecular weight is 398 g/mol. The van der Waals surface area contributed by atoms with Crippen molar-refractivity contribution >= 4 is 46.8 Å². The van der Waals surface area contributed by atoms with Crippen molar-refractivity contribution in [1.29, 1.82) is 0 Å². The van der Waals surface area contributed by atoms with Gasteiger partial charge in [0.1, 0.15) is 11.1 Å². The molecule has 16 heteroatoms. The molecule has 28 heavy (non-hydrogen) atoms. The van der Waals surface area contributed by atoms with Crippen LogP contribution in [-0.4, -0.2) is 41.8 Å². The zero-order chi connectivity index (χ0) is 21.8. The van der Waals surface area contributed by atoms with Crippen molar-refractivity contribution in [1.82, 2.24) is 0 Å². The molecule has 0 spiro atoms. The lowest BCUT2D eigenvalue weighted by Crippen LogP contribution is -2.09. The van der Waals surface area contributed by atoms with Crippen LogP contribution >= 0.6 is 0 Å². The van der Waals surface area contributed by atoms with Crippen LogP contribution in [0.15, 0.2) is 12.2 Å². The Hall–Kier alpha value is -4.76. The third-order valence-electron chi connectivity index (χ3n) is 2.98. The van der Waals surface area contributed by atoms with Crippen molar-refractivity contribution < 1.29 is 39.5 Å². The second kappa shape index (κ2) is 8.08. The minimum Gasteiger partial charge on any atom is -0.478 e. The molecular weight excluding hydrogens is 392 g/mol. The SMILES string of the molecule is O=C(O)/C=C/c1c([N+](=O)[O-])c([N+](=O)[O-])c(/C=C/C(=O)O)c([N+](=O)[O-])c1[N+](=O)[O-]. The molecule has 0 aliphatic rings. The summed E-state index contributed by atoms with van der Waals surface area (Å²) in [4.78, 5) is 60.7. The first kappa shape index (κ1) is 21.3. The van der Waals surface area contributed by atoms with E-state index < -0.39 is 65.5 Å². The number of carbonyl (C=O) groups is 2. The molecule has 0 amide bonds. The van der Waals surface area contributed by atoms with Crippen molar-refractivity contribution in [2.45, 2.75) is 0 Å². The molecule has 0 radical (unpaired) electrons. The minimum absolute atomic E-state index is 0.148. The van der Waals surface area contributed by atoms with Crippen LogP contribution in [0.4, 0.5) is 22.7 Å². The predicted octanol–water partition coefficient (Wildman–Crippen LogP) is 1.51. The van der Waals surface area contributed by atoms with Crippen LogP contribution in [0, 0.1) is 40.5 Å². The summed E-state index contributed by atoms with van der Waals surface area (Å²) in [5.74, 6) is -3.52. The van der Waals surface area contributed by atoms with Crippen LogP contribution in [0.1, 0.15) is 11.1 Å². The van der Waals surface area contributed by atoms with Crippen LogP contribution in [0.5, 0.6) is 0 Å². The Morgan fingerprint density at radius 1 is 0.607 bits per heavy atom. The summed E-state index contributed by atoms with van der Waals surface area (Å²) in [6.45, 7) is 0. The summed E-state index contributed by atoms with van der Waals surface area (Å²) in [5, 5.41) is 62.5. The van der Waals surface area contributed by atoms with E-state index in [1.54, 1.807) is 0 Å². The van der Waals surface area contributed by atoms with Gasteiger partial charge in [0.25, 0.3) is 0 Å². The molecule has 1 aromatic rings. The van der Waals surface area contributed by atoms with Crippen molar-refractivity contribution in [3.63, 3.8) is 0 Å². The Bertz CT molecular complexity index is 861. The minimum atomic E-state index is -1.76. The molecule has 0 aliphatic heterocycles. The largest absolute Gasteiger partial charge is 0.478 e. The van der Waals surface area contributed by atoms with Gasteiger partial charge in [0.05, 0.1) is 19.7 Å². The Labute approximate surface area is 151 Å².